The Morgan fingerprint density at radius 1 is 0.667 bits per heavy atom. The molecule has 0 bridgehead atoms. The summed E-state index contributed by atoms with van der Waals surface area (Å²) in [4.78, 5) is 0. The fraction of sp³-hybridized carbons (Fsp3) is 1.00. The van der Waals surface area contributed by atoms with E-state index in [4.69, 9.17) is 0 Å². The van der Waals surface area contributed by atoms with Crippen molar-refractivity contribution in [3.8, 4) is 0 Å². The summed E-state index contributed by atoms with van der Waals surface area (Å²) in [5.74, 6) is 0. The maximum atomic E-state index is 10.3. The Hall–Kier alpha value is -0.0800. The number of hydrogen-bond donors (Lipinski definition) is 2. The first-order chi connectivity index (χ1) is 11.6. The fourth-order valence-corrected chi connectivity index (χ4v) is 3.50. The third-order valence-electron chi connectivity index (χ3n) is 5.06. The highest BCUT2D eigenvalue weighted by Gasteiger charge is 2.17. The summed E-state index contributed by atoms with van der Waals surface area (Å²) in [7, 11) is 0. The van der Waals surface area contributed by atoms with Gasteiger partial charge >= 0.3 is 0 Å². The molecule has 0 aliphatic heterocycles. The first-order valence-corrected chi connectivity index (χ1v) is 11.1. The van der Waals surface area contributed by atoms with Gasteiger partial charge in [0.15, 0.2) is 0 Å². The zero-order chi connectivity index (χ0) is 18.0. The third-order valence-corrected chi connectivity index (χ3v) is 5.06. The topological polar surface area (TPSA) is 32.3 Å². The normalized spacial score (nSPS) is 14.2. The van der Waals surface area contributed by atoms with Gasteiger partial charge in [-0.1, -0.05) is 111 Å². The summed E-state index contributed by atoms with van der Waals surface area (Å²) in [6.45, 7) is 8.75. The van der Waals surface area contributed by atoms with Crippen LogP contribution in [0, 0.1) is 0 Å². The lowest BCUT2D eigenvalue weighted by Gasteiger charge is -2.25. The van der Waals surface area contributed by atoms with E-state index >= 15 is 0 Å². The number of rotatable bonds is 18. The molecule has 0 fully saturated rings. The van der Waals surface area contributed by atoms with Crippen molar-refractivity contribution in [3.05, 3.63) is 0 Å². The van der Waals surface area contributed by atoms with Gasteiger partial charge in [0, 0.05) is 12.1 Å². The van der Waals surface area contributed by atoms with Crippen LogP contribution in [0.4, 0.5) is 0 Å². The second-order valence-corrected chi connectivity index (χ2v) is 7.93. The number of nitrogens with one attached hydrogen (secondary N) is 1. The molecule has 0 saturated heterocycles. The Morgan fingerprint density at radius 3 is 1.46 bits per heavy atom. The first kappa shape index (κ1) is 23.9. The highest BCUT2D eigenvalue weighted by molar-refractivity contribution is 4.76. The van der Waals surface area contributed by atoms with Gasteiger partial charge in [0.1, 0.15) is 0 Å². The van der Waals surface area contributed by atoms with E-state index in [1.807, 2.05) is 0 Å². The molecule has 0 heterocycles. The molecule has 24 heavy (non-hydrogen) atoms. The quantitative estimate of drug-likeness (QED) is 0.275. The van der Waals surface area contributed by atoms with Crippen molar-refractivity contribution >= 4 is 0 Å². The van der Waals surface area contributed by atoms with E-state index in [-0.39, 0.29) is 12.1 Å². The van der Waals surface area contributed by atoms with E-state index in [1.165, 1.54) is 83.5 Å². The number of hydrogen-bond acceptors (Lipinski definition) is 2. The lowest BCUT2D eigenvalue weighted by atomic mass is 10.00. The maximum Gasteiger partial charge on any atom is 0.0693 e. The van der Waals surface area contributed by atoms with Crippen LogP contribution in [-0.2, 0) is 0 Å². The van der Waals surface area contributed by atoms with Crippen LogP contribution in [0.5, 0.6) is 0 Å². The minimum absolute atomic E-state index is 0.176. The molecule has 0 spiro atoms. The fourth-order valence-electron chi connectivity index (χ4n) is 3.50. The van der Waals surface area contributed by atoms with Crippen molar-refractivity contribution in [1.82, 2.24) is 5.32 Å². The second-order valence-electron chi connectivity index (χ2n) is 7.93. The molecule has 0 rings (SSSR count). The summed E-state index contributed by atoms with van der Waals surface area (Å²) in [6.07, 6.45) is 19.8. The molecular formula is C22H47NO. The van der Waals surface area contributed by atoms with E-state index in [0.717, 1.165) is 12.8 Å². The Kier molecular flexibility index (Phi) is 17.7. The third kappa shape index (κ3) is 15.4. The molecule has 0 aliphatic rings. The van der Waals surface area contributed by atoms with Crippen LogP contribution in [0.15, 0.2) is 0 Å². The van der Waals surface area contributed by atoms with Crippen LogP contribution in [0.2, 0.25) is 0 Å². The molecule has 2 N–H and O–H groups in total. The SMILES string of the molecule is CCCCCCCCCCCCCCC[C@@H](O)[C@H](CC)NC(C)C. The predicted octanol–water partition coefficient (Wildman–Crippen LogP) is 6.61. The Balaban J connectivity index is 3.32. The highest BCUT2D eigenvalue weighted by Crippen LogP contribution is 2.14. The molecule has 0 aromatic carbocycles. The van der Waals surface area contributed by atoms with E-state index < -0.39 is 0 Å². The molecule has 2 heteroatoms. The van der Waals surface area contributed by atoms with Gasteiger partial charge in [0.25, 0.3) is 0 Å². The number of unbranched alkanes of at least 4 members (excludes halogenated alkanes) is 12. The lowest BCUT2D eigenvalue weighted by Crippen LogP contribution is -2.42. The summed E-state index contributed by atoms with van der Waals surface area (Å²) in [5, 5.41) is 13.7. The van der Waals surface area contributed by atoms with Crippen LogP contribution in [0.25, 0.3) is 0 Å². The number of aliphatic hydroxyl groups excluding tert-OH is 1. The van der Waals surface area contributed by atoms with Gasteiger partial charge in [-0.2, -0.15) is 0 Å². The molecule has 0 radical (unpaired) electrons. The highest BCUT2D eigenvalue weighted by atomic mass is 16.3. The monoisotopic (exact) mass is 341 g/mol. The van der Waals surface area contributed by atoms with Crippen molar-refractivity contribution in [2.24, 2.45) is 0 Å². The van der Waals surface area contributed by atoms with Crippen molar-refractivity contribution in [1.29, 1.82) is 0 Å². The van der Waals surface area contributed by atoms with Crippen LogP contribution in [0.3, 0.4) is 0 Å². The number of aliphatic hydroxyl groups is 1. The second kappa shape index (κ2) is 17.7. The summed E-state index contributed by atoms with van der Waals surface area (Å²) >= 11 is 0. The molecule has 2 atom stereocenters. The van der Waals surface area contributed by atoms with Gasteiger partial charge in [-0.15, -0.1) is 0 Å². The lowest BCUT2D eigenvalue weighted by molar-refractivity contribution is 0.109. The Morgan fingerprint density at radius 2 is 1.08 bits per heavy atom. The van der Waals surface area contributed by atoms with E-state index in [9.17, 15) is 5.11 Å². The smallest absolute Gasteiger partial charge is 0.0693 e. The molecular weight excluding hydrogens is 294 g/mol. The van der Waals surface area contributed by atoms with Crippen molar-refractivity contribution in [3.63, 3.8) is 0 Å². The van der Waals surface area contributed by atoms with E-state index in [0.29, 0.717) is 6.04 Å². The zero-order valence-corrected chi connectivity index (χ0v) is 17.3. The van der Waals surface area contributed by atoms with Gasteiger partial charge in [0.05, 0.1) is 6.10 Å². The van der Waals surface area contributed by atoms with Crippen molar-refractivity contribution in [2.75, 3.05) is 0 Å². The molecule has 0 amide bonds. The molecule has 2 nitrogen and oxygen atoms in total. The largest absolute Gasteiger partial charge is 0.392 e. The van der Waals surface area contributed by atoms with Gasteiger partial charge in [0.2, 0.25) is 0 Å². The molecule has 0 aliphatic carbocycles. The minimum atomic E-state index is -0.176. The summed E-state index contributed by atoms with van der Waals surface area (Å²) in [5.41, 5.74) is 0. The average Bonchev–Trinajstić information content (AvgIpc) is 2.56. The predicted molar refractivity (Wildman–Crippen MR) is 109 cm³/mol. The van der Waals surface area contributed by atoms with Crippen LogP contribution < -0.4 is 5.32 Å². The van der Waals surface area contributed by atoms with Crippen molar-refractivity contribution in [2.45, 2.75) is 142 Å². The van der Waals surface area contributed by atoms with Crippen LogP contribution in [-0.4, -0.2) is 23.3 Å². The summed E-state index contributed by atoms with van der Waals surface area (Å²) < 4.78 is 0. The van der Waals surface area contributed by atoms with Gasteiger partial charge in [-0.05, 0) is 12.8 Å². The summed E-state index contributed by atoms with van der Waals surface area (Å²) in [6, 6.07) is 0.721. The average molecular weight is 342 g/mol. The molecule has 146 valence electrons. The van der Waals surface area contributed by atoms with Crippen LogP contribution in [0.1, 0.15) is 124 Å². The molecule has 0 aromatic rings. The maximum absolute atomic E-state index is 10.3. The Bertz CT molecular complexity index is 242. The van der Waals surface area contributed by atoms with E-state index in [2.05, 4.69) is 33.0 Å². The first-order valence-electron chi connectivity index (χ1n) is 11.1. The van der Waals surface area contributed by atoms with Gasteiger partial charge < -0.3 is 10.4 Å². The Labute approximate surface area is 153 Å². The minimum Gasteiger partial charge on any atom is -0.392 e. The standard InChI is InChI=1S/C22H47NO/c1-5-7-8-9-10-11-12-13-14-15-16-17-18-19-22(24)21(6-2)23-20(3)4/h20-24H,5-19H2,1-4H3/t21-,22+/m0/s1. The van der Waals surface area contributed by atoms with Crippen molar-refractivity contribution < 1.29 is 5.11 Å². The molecule has 0 aromatic heterocycles. The molecule has 0 saturated carbocycles. The van der Waals surface area contributed by atoms with Gasteiger partial charge in [-0.25, -0.2) is 0 Å². The van der Waals surface area contributed by atoms with Gasteiger partial charge in [-0.3, -0.25) is 0 Å². The van der Waals surface area contributed by atoms with Crippen LogP contribution >= 0.6 is 0 Å². The molecule has 0 unspecified atom stereocenters. The van der Waals surface area contributed by atoms with E-state index in [1.54, 1.807) is 0 Å². The zero-order valence-electron chi connectivity index (χ0n) is 17.3.